The molecule has 1 aliphatic heterocycles. The van der Waals surface area contributed by atoms with Crippen LogP contribution in [0, 0.1) is 11.6 Å². The molecule has 2 rings (SSSR count). The van der Waals surface area contributed by atoms with Crippen LogP contribution in [0.5, 0.6) is 0 Å². The van der Waals surface area contributed by atoms with E-state index in [9.17, 15) is 13.6 Å². The highest BCUT2D eigenvalue weighted by Gasteiger charge is 2.19. The Hall–Kier alpha value is -1.75. The van der Waals surface area contributed by atoms with Crippen LogP contribution in [0.3, 0.4) is 0 Å². The third-order valence-corrected chi connectivity index (χ3v) is 3.38. The Morgan fingerprint density at radius 3 is 2.85 bits per heavy atom. The van der Waals surface area contributed by atoms with E-state index in [-0.39, 0.29) is 17.5 Å². The molecule has 5 heteroatoms. The number of amides is 1. The molecule has 0 aromatic heterocycles. The first-order valence-electron chi connectivity index (χ1n) is 6.63. The highest BCUT2D eigenvalue weighted by atomic mass is 19.1. The lowest BCUT2D eigenvalue weighted by Crippen LogP contribution is -2.50. The molecule has 0 bridgehead atoms. The van der Waals surface area contributed by atoms with Crippen molar-refractivity contribution in [2.75, 3.05) is 19.6 Å². The van der Waals surface area contributed by atoms with Crippen LogP contribution in [0.15, 0.2) is 24.3 Å². The largest absolute Gasteiger partial charge is 0.336 e. The van der Waals surface area contributed by atoms with Crippen LogP contribution < -0.4 is 5.32 Å². The molecule has 1 unspecified atom stereocenters. The third kappa shape index (κ3) is 3.42. The maximum absolute atomic E-state index is 13.6. The van der Waals surface area contributed by atoms with Gasteiger partial charge in [0.05, 0.1) is 0 Å². The Morgan fingerprint density at radius 2 is 2.20 bits per heavy atom. The number of allylic oxidation sites excluding steroid dienone is 1. The number of hydrogen-bond acceptors (Lipinski definition) is 2. The van der Waals surface area contributed by atoms with Crippen molar-refractivity contribution < 1.29 is 13.6 Å². The van der Waals surface area contributed by atoms with Gasteiger partial charge < -0.3 is 10.2 Å². The number of halogens is 2. The number of carbonyl (C=O) groups is 1. The van der Waals surface area contributed by atoms with Gasteiger partial charge in [0.2, 0.25) is 5.91 Å². The molecule has 1 saturated heterocycles. The van der Waals surface area contributed by atoms with Crippen LogP contribution in [0.4, 0.5) is 8.78 Å². The summed E-state index contributed by atoms with van der Waals surface area (Å²) >= 11 is 0. The predicted octanol–water partition coefficient (Wildman–Crippen LogP) is 2.19. The average molecular weight is 280 g/mol. The monoisotopic (exact) mass is 280 g/mol. The van der Waals surface area contributed by atoms with Gasteiger partial charge in [0.15, 0.2) is 0 Å². The zero-order chi connectivity index (χ0) is 14.7. The topological polar surface area (TPSA) is 32.3 Å². The van der Waals surface area contributed by atoms with Gasteiger partial charge in [-0.3, -0.25) is 4.79 Å². The zero-order valence-electron chi connectivity index (χ0n) is 11.6. The number of carbonyl (C=O) groups excluding carboxylic acids is 1. The summed E-state index contributed by atoms with van der Waals surface area (Å²) in [6.07, 6.45) is 1.41. The smallest absolute Gasteiger partial charge is 0.246 e. The van der Waals surface area contributed by atoms with Gasteiger partial charge in [-0.1, -0.05) is 0 Å². The molecule has 3 nitrogen and oxygen atoms in total. The molecule has 1 fully saturated rings. The molecule has 1 atom stereocenters. The molecular formula is C15H18F2N2O. The molecule has 1 N–H and O–H groups in total. The summed E-state index contributed by atoms with van der Waals surface area (Å²) in [7, 11) is 0. The molecule has 1 aromatic carbocycles. The molecular weight excluding hydrogens is 262 g/mol. The van der Waals surface area contributed by atoms with Gasteiger partial charge in [-0.25, -0.2) is 8.78 Å². The Balaban J connectivity index is 2.14. The second-order valence-corrected chi connectivity index (χ2v) is 5.09. The minimum absolute atomic E-state index is 0.139. The molecule has 1 heterocycles. The number of piperazine rings is 1. The molecule has 0 aliphatic carbocycles. The van der Waals surface area contributed by atoms with Crippen LogP contribution in [0.25, 0.3) is 5.57 Å². The lowest BCUT2D eigenvalue weighted by molar-refractivity contribution is -0.127. The summed E-state index contributed by atoms with van der Waals surface area (Å²) < 4.78 is 26.5. The standard InChI is InChI=1S/C15H18F2N2O/c1-10(13-4-3-12(16)8-14(13)17)7-15(20)19-6-5-18-11(2)9-19/h3-4,7-8,11,18H,5-6,9H2,1-2H3. The highest BCUT2D eigenvalue weighted by molar-refractivity contribution is 5.95. The van der Waals surface area contributed by atoms with Gasteiger partial charge in [-0.05, 0) is 31.6 Å². The number of nitrogens with one attached hydrogen (secondary N) is 1. The van der Waals surface area contributed by atoms with Crippen molar-refractivity contribution in [3.05, 3.63) is 41.5 Å². The van der Waals surface area contributed by atoms with Gasteiger partial charge in [0.1, 0.15) is 11.6 Å². The fourth-order valence-electron chi connectivity index (χ4n) is 2.30. The van der Waals surface area contributed by atoms with E-state index in [0.29, 0.717) is 18.7 Å². The minimum Gasteiger partial charge on any atom is -0.336 e. The average Bonchev–Trinajstić information content (AvgIpc) is 2.38. The van der Waals surface area contributed by atoms with E-state index < -0.39 is 11.6 Å². The minimum atomic E-state index is -0.653. The van der Waals surface area contributed by atoms with Crippen molar-refractivity contribution in [1.82, 2.24) is 10.2 Å². The van der Waals surface area contributed by atoms with Crippen molar-refractivity contribution in [3.63, 3.8) is 0 Å². The summed E-state index contributed by atoms with van der Waals surface area (Å²) in [5.41, 5.74) is 0.751. The first kappa shape index (κ1) is 14.7. The highest BCUT2D eigenvalue weighted by Crippen LogP contribution is 2.19. The van der Waals surface area contributed by atoms with E-state index in [2.05, 4.69) is 5.32 Å². The van der Waals surface area contributed by atoms with E-state index in [1.165, 1.54) is 18.2 Å². The summed E-state index contributed by atoms with van der Waals surface area (Å²) in [6.45, 7) is 5.69. The Labute approximate surface area is 117 Å². The van der Waals surface area contributed by atoms with Crippen molar-refractivity contribution in [3.8, 4) is 0 Å². The molecule has 0 spiro atoms. The Kier molecular flexibility index (Phi) is 4.49. The molecule has 1 aliphatic rings. The summed E-state index contributed by atoms with van der Waals surface area (Å²) in [4.78, 5) is 13.9. The van der Waals surface area contributed by atoms with Gasteiger partial charge >= 0.3 is 0 Å². The summed E-state index contributed by atoms with van der Waals surface area (Å²) in [6, 6.07) is 3.62. The Bertz CT molecular complexity index is 543. The first-order chi connectivity index (χ1) is 9.47. The van der Waals surface area contributed by atoms with Gasteiger partial charge in [-0.15, -0.1) is 0 Å². The second kappa shape index (κ2) is 6.13. The maximum atomic E-state index is 13.6. The van der Waals surface area contributed by atoms with Crippen molar-refractivity contribution in [2.45, 2.75) is 19.9 Å². The van der Waals surface area contributed by atoms with Crippen LogP contribution in [-0.2, 0) is 4.79 Å². The molecule has 20 heavy (non-hydrogen) atoms. The quantitative estimate of drug-likeness (QED) is 0.842. The van der Waals surface area contributed by atoms with E-state index in [4.69, 9.17) is 0 Å². The number of hydrogen-bond donors (Lipinski definition) is 1. The molecule has 1 amide bonds. The van der Waals surface area contributed by atoms with E-state index in [0.717, 1.165) is 12.6 Å². The summed E-state index contributed by atoms with van der Waals surface area (Å²) in [5.74, 6) is -1.42. The van der Waals surface area contributed by atoms with Crippen molar-refractivity contribution in [2.24, 2.45) is 0 Å². The number of nitrogens with zero attached hydrogens (tertiary/aromatic N) is 1. The second-order valence-electron chi connectivity index (χ2n) is 5.09. The molecule has 108 valence electrons. The maximum Gasteiger partial charge on any atom is 0.246 e. The zero-order valence-corrected chi connectivity index (χ0v) is 11.6. The van der Waals surface area contributed by atoms with E-state index in [1.807, 2.05) is 6.92 Å². The van der Waals surface area contributed by atoms with E-state index in [1.54, 1.807) is 11.8 Å². The molecule has 0 saturated carbocycles. The van der Waals surface area contributed by atoms with Crippen molar-refractivity contribution >= 4 is 11.5 Å². The third-order valence-electron chi connectivity index (χ3n) is 3.38. The number of rotatable bonds is 2. The normalized spacial score (nSPS) is 20.1. The summed E-state index contributed by atoms with van der Waals surface area (Å²) in [5, 5.41) is 3.25. The first-order valence-corrected chi connectivity index (χ1v) is 6.63. The van der Waals surface area contributed by atoms with Crippen LogP contribution >= 0.6 is 0 Å². The Morgan fingerprint density at radius 1 is 1.45 bits per heavy atom. The fraction of sp³-hybridized carbons (Fsp3) is 0.400. The SMILES string of the molecule is CC(=CC(=O)N1CCNC(C)C1)c1ccc(F)cc1F. The lowest BCUT2D eigenvalue weighted by Gasteiger charge is -2.31. The molecule has 1 aromatic rings. The fourth-order valence-corrected chi connectivity index (χ4v) is 2.30. The predicted molar refractivity (Wildman–Crippen MR) is 74.1 cm³/mol. The number of benzene rings is 1. The molecule has 0 radical (unpaired) electrons. The van der Waals surface area contributed by atoms with Gasteiger partial charge in [0.25, 0.3) is 0 Å². The lowest BCUT2D eigenvalue weighted by atomic mass is 10.1. The van der Waals surface area contributed by atoms with Crippen LogP contribution in [0.1, 0.15) is 19.4 Å². The van der Waals surface area contributed by atoms with Crippen LogP contribution in [-0.4, -0.2) is 36.5 Å². The van der Waals surface area contributed by atoms with E-state index >= 15 is 0 Å². The van der Waals surface area contributed by atoms with Gasteiger partial charge in [0, 0.05) is 43.4 Å². The van der Waals surface area contributed by atoms with Gasteiger partial charge in [-0.2, -0.15) is 0 Å². The van der Waals surface area contributed by atoms with Crippen molar-refractivity contribution in [1.29, 1.82) is 0 Å². The van der Waals surface area contributed by atoms with Crippen LogP contribution in [0.2, 0.25) is 0 Å².